The van der Waals surface area contributed by atoms with Crippen molar-refractivity contribution in [3.8, 4) is 0 Å². The number of rotatable bonds is 0. The Morgan fingerprint density at radius 2 is 1.60 bits per heavy atom. The fourth-order valence-corrected chi connectivity index (χ4v) is 0.510. The van der Waals surface area contributed by atoms with Crippen molar-refractivity contribution in [1.29, 1.82) is 0 Å². The molecule has 0 radical (unpaired) electrons. The third kappa shape index (κ3) is 15.9. The molecule has 0 aromatic rings. The summed E-state index contributed by atoms with van der Waals surface area (Å²) in [6.45, 7) is 3.93. The molecule has 0 unspecified atom stereocenters. The maximum Gasteiger partial charge on any atom is 0.490 e. The minimum atomic E-state index is -5.08. The Morgan fingerprint density at radius 1 is 1.33 bits per heavy atom. The molecule has 7 heteroatoms. The van der Waals surface area contributed by atoms with Crippen LogP contribution in [-0.4, -0.2) is 42.2 Å². The van der Waals surface area contributed by atoms with E-state index in [-0.39, 0.29) is 6.61 Å². The summed E-state index contributed by atoms with van der Waals surface area (Å²) in [4.78, 5) is 8.90. The zero-order valence-corrected chi connectivity index (χ0v) is 8.38. The molecule has 0 saturated carbocycles. The Hall–Kier alpha value is -0.820. The van der Waals surface area contributed by atoms with Gasteiger partial charge in [-0.25, -0.2) is 4.79 Å². The highest BCUT2D eigenvalue weighted by Crippen LogP contribution is 2.13. The van der Waals surface area contributed by atoms with Crippen LogP contribution in [0, 0.1) is 0 Å². The van der Waals surface area contributed by atoms with Crippen molar-refractivity contribution in [2.75, 3.05) is 19.8 Å². The maximum absolute atomic E-state index is 10.6. The number of carbonyl (C=O) groups is 1. The Labute approximate surface area is 85.7 Å². The molecule has 0 bridgehead atoms. The van der Waals surface area contributed by atoms with E-state index in [1.165, 1.54) is 12.8 Å². The van der Waals surface area contributed by atoms with Gasteiger partial charge in [0, 0.05) is 19.8 Å². The zero-order valence-electron chi connectivity index (χ0n) is 8.38. The molecular weight excluding hydrogens is 217 g/mol. The van der Waals surface area contributed by atoms with Crippen molar-refractivity contribution >= 4 is 5.97 Å². The quantitative estimate of drug-likeness (QED) is 0.663. The SMILES string of the molecule is C1CCOC1.CCO.O=C(O)C(F)(F)F. The van der Waals surface area contributed by atoms with Crippen LogP contribution in [-0.2, 0) is 9.53 Å². The largest absolute Gasteiger partial charge is 0.490 e. The minimum absolute atomic E-state index is 0.250. The van der Waals surface area contributed by atoms with E-state index in [2.05, 4.69) is 0 Å². The van der Waals surface area contributed by atoms with Gasteiger partial charge in [-0.3, -0.25) is 0 Å². The van der Waals surface area contributed by atoms with Gasteiger partial charge < -0.3 is 14.9 Å². The van der Waals surface area contributed by atoms with E-state index in [0.717, 1.165) is 13.2 Å². The Balaban J connectivity index is 0. The highest BCUT2D eigenvalue weighted by atomic mass is 19.4. The molecule has 1 saturated heterocycles. The van der Waals surface area contributed by atoms with Crippen molar-refractivity contribution in [1.82, 2.24) is 0 Å². The number of hydrogen-bond donors (Lipinski definition) is 2. The second-order valence-corrected chi connectivity index (χ2v) is 2.44. The molecule has 1 heterocycles. The van der Waals surface area contributed by atoms with Crippen LogP contribution in [0.3, 0.4) is 0 Å². The first kappa shape index (κ1) is 16.6. The summed E-state index contributed by atoms with van der Waals surface area (Å²) in [5.41, 5.74) is 0. The number of carboxylic acid groups (broad SMARTS) is 1. The fraction of sp³-hybridized carbons (Fsp3) is 0.875. The first-order valence-corrected chi connectivity index (χ1v) is 4.35. The predicted octanol–water partition coefficient (Wildman–Crippen LogP) is 1.43. The molecular formula is C8H15F3O4. The van der Waals surface area contributed by atoms with Gasteiger partial charge in [0.25, 0.3) is 0 Å². The molecule has 1 rings (SSSR count). The molecule has 92 valence electrons. The fourth-order valence-electron chi connectivity index (χ4n) is 0.510. The molecule has 1 aliphatic rings. The summed E-state index contributed by atoms with van der Waals surface area (Å²) in [7, 11) is 0. The lowest BCUT2D eigenvalue weighted by atomic mass is 10.4. The van der Waals surface area contributed by atoms with Gasteiger partial charge in [-0.15, -0.1) is 0 Å². The minimum Gasteiger partial charge on any atom is -0.475 e. The van der Waals surface area contributed by atoms with Gasteiger partial charge in [0.05, 0.1) is 0 Å². The van der Waals surface area contributed by atoms with Crippen LogP contribution in [0.1, 0.15) is 19.8 Å². The topological polar surface area (TPSA) is 66.8 Å². The van der Waals surface area contributed by atoms with Gasteiger partial charge in [0.1, 0.15) is 0 Å². The van der Waals surface area contributed by atoms with Gasteiger partial charge in [0.2, 0.25) is 0 Å². The summed E-state index contributed by atoms with van der Waals surface area (Å²) >= 11 is 0. The molecule has 2 N–H and O–H groups in total. The van der Waals surface area contributed by atoms with Crippen molar-refractivity contribution in [3.05, 3.63) is 0 Å². The highest BCUT2D eigenvalue weighted by Gasteiger charge is 2.38. The molecule has 4 nitrogen and oxygen atoms in total. The van der Waals surface area contributed by atoms with Gasteiger partial charge in [-0.05, 0) is 19.8 Å². The predicted molar refractivity (Wildman–Crippen MR) is 46.5 cm³/mol. The average molecular weight is 232 g/mol. The summed E-state index contributed by atoms with van der Waals surface area (Å²) in [5, 5.41) is 14.7. The molecule has 0 atom stereocenters. The van der Waals surface area contributed by atoms with Gasteiger partial charge >= 0.3 is 12.1 Å². The van der Waals surface area contributed by atoms with E-state index in [0.29, 0.717) is 0 Å². The standard InChI is InChI=1S/C4H8O.C2HF3O2.C2H6O/c1-2-4-5-3-1;3-2(4,5)1(6)7;1-2-3/h1-4H2;(H,6,7);3H,2H2,1H3. The van der Waals surface area contributed by atoms with Gasteiger partial charge in [0.15, 0.2) is 0 Å². The molecule has 15 heavy (non-hydrogen) atoms. The molecule has 0 aliphatic carbocycles. The highest BCUT2D eigenvalue weighted by molar-refractivity contribution is 5.73. The first-order chi connectivity index (χ1) is 6.86. The maximum atomic E-state index is 10.6. The van der Waals surface area contributed by atoms with Crippen LogP contribution in [0.4, 0.5) is 13.2 Å². The second kappa shape index (κ2) is 9.72. The summed E-state index contributed by atoms with van der Waals surface area (Å²) in [5.74, 6) is -2.76. The number of aliphatic carboxylic acids is 1. The van der Waals surface area contributed by atoms with Crippen molar-refractivity contribution in [2.24, 2.45) is 0 Å². The first-order valence-electron chi connectivity index (χ1n) is 4.35. The van der Waals surface area contributed by atoms with E-state index in [4.69, 9.17) is 19.7 Å². The number of halogens is 3. The molecule has 1 fully saturated rings. The third-order valence-electron chi connectivity index (χ3n) is 1.07. The normalized spacial score (nSPS) is 14.5. The van der Waals surface area contributed by atoms with Crippen LogP contribution in [0.2, 0.25) is 0 Å². The summed E-state index contributed by atoms with van der Waals surface area (Å²) in [6, 6.07) is 0. The molecule has 0 aromatic carbocycles. The number of hydrogen-bond acceptors (Lipinski definition) is 3. The smallest absolute Gasteiger partial charge is 0.475 e. The number of carboxylic acids is 1. The van der Waals surface area contributed by atoms with Gasteiger partial charge in [-0.2, -0.15) is 13.2 Å². The lowest BCUT2D eigenvalue weighted by Gasteiger charge is -1.93. The van der Waals surface area contributed by atoms with Crippen LogP contribution in [0.15, 0.2) is 0 Å². The van der Waals surface area contributed by atoms with Crippen LogP contribution >= 0.6 is 0 Å². The molecule has 1 aliphatic heterocycles. The summed E-state index contributed by atoms with van der Waals surface area (Å²) in [6.07, 6.45) is -2.53. The number of ether oxygens (including phenoxy) is 1. The van der Waals surface area contributed by atoms with E-state index < -0.39 is 12.1 Å². The van der Waals surface area contributed by atoms with Crippen molar-refractivity contribution in [3.63, 3.8) is 0 Å². The number of alkyl halides is 3. The van der Waals surface area contributed by atoms with E-state index >= 15 is 0 Å². The lowest BCUT2D eigenvalue weighted by Crippen LogP contribution is -2.21. The van der Waals surface area contributed by atoms with E-state index in [9.17, 15) is 13.2 Å². The zero-order chi connectivity index (χ0) is 12.3. The Bertz CT molecular complexity index is 147. The van der Waals surface area contributed by atoms with E-state index in [1.54, 1.807) is 6.92 Å². The molecule has 0 aromatic heterocycles. The second-order valence-electron chi connectivity index (χ2n) is 2.44. The average Bonchev–Trinajstić information content (AvgIpc) is 2.59. The van der Waals surface area contributed by atoms with Crippen molar-refractivity contribution in [2.45, 2.75) is 25.9 Å². The van der Waals surface area contributed by atoms with E-state index in [1.807, 2.05) is 0 Å². The Morgan fingerprint density at radius 3 is 1.67 bits per heavy atom. The lowest BCUT2D eigenvalue weighted by molar-refractivity contribution is -0.192. The van der Waals surface area contributed by atoms with Crippen molar-refractivity contribution < 1.29 is 32.9 Å². The van der Waals surface area contributed by atoms with Crippen LogP contribution in [0.5, 0.6) is 0 Å². The summed E-state index contributed by atoms with van der Waals surface area (Å²) < 4.78 is 36.7. The number of aliphatic hydroxyl groups excluding tert-OH is 1. The molecule has 0 spiro atoms. The monoisotopic (exact) mass is 232 g/mol. The van der Waals surface area contributed by atoms with Crippen LogP contribution < -0.4 is 0 Å². The number of aliphatic hydroxyl groups is 1. The Kier molecular flexibility index (Phi) is 10.8. The third-order valence-corrected chi connectivity index (χ3v) is 1.07. The molecule has 0 amide bonds. The van der Waals surface area contributed by atoms with Gasteiger partial charge in [-0.1, -0.05) is 0 Å². The van der Waals surface area contributed by atoms with Crippen LogP contribution in [0.25, 0.3) is 0 Å².